The van der Waals surface area contributed by atoms with Gasteiger partial charge in [-0.1, -0.05) is 19.1 Å². The number of para-hydroxylation sites is 1. The van der Waals surface area contributed by atoms with Gasteiger partial charge in [0.25, 0.3) is 0 Å². The van der Waals surface area contributed by atoms with Gasteiger partial charge in [-0.2, -0.15) is 5.26 Å². The largest absolute Gasteiger partial charge is 0.395 e. The molecule has 0 saturated heterocycles. The van der Waals surface area contributed by atoms with Gasteiger partial charge in [-0.15, -0.1) is 0 Å². The topological polar surface area (TPSA) is 76.4 Å². The second-order valence-electron chi connectivity index (χ2n) is 4.47. The number of rotatable bonds is 8. The van der Waals surface area contributed by atoms with Gasteiger partial charge in [-0.25, -0.2) is 0 Å². The van der Waals surface area contributed by atoms with E-state index in [4.69, 9.17) is 10.4 Å². The molecule has 5 nitrogen and oxygen atoms in total. The molecule has 1 rings (SSSR count). The van der Waals surface area contributed by atoms with E-state index in [1.807, 2.05) is 6.92 Å². The molecular formula is C15H21N3O2. The standard InChI is InChI=1S/C15H21N3O2/c1-2-18(10-11-19)9-5-8-15(20)17-14-7-4-3-6-13(14)12-16/h3-4,6-7,19H,2,5,8-11H2,1H3,(H,17,20). The van der Waals surface area contributed by atoms with Crippen LogP contribution in [-0.2, 0) is 4.79 Å². The highest BCUT2D eigenvalue weighted by molar-refractivity contribution is 5.92. The summed E-state index contributed by atoms with van der Waals surface area (Å²) in [5.41, 5.74) is 1.03. The van der Waals surface area contributed by atoms with Crippen molar-refractivity contribution in [3.05, 3.63) is 29.8 Å². The van der Waals surface area contributed by atoms with Crippen molar-refractivity contribution in [3.8, 4) is 6.07 Å². The average molecular weight is 275 g/mol. The molecule has 5 heteroatoms. The molecule has 0 heterocycles. The van der Waals surface area contributed by atoms with E-state index in [-0.39, 0.29) is 12.5 Å². The number of likely N-dealkylation sites (N-methyl/N-ethyl adjacent to an activating group) is 1. The van der Waals surface area contributed by atoms with Crippen molar-refractivity contribution < 1.29 is 9.90 Å². The van der Waals surface area contributed by atoms with Gasteiger partial charge < -0.3 is 15.3 Å². The van der Waals surface area contributed by atoms with Crippen LogP contribution in [0.5, 0.6) is 0 Å². The van der Waals surface area contributed by atoms with E-state index in [2.05, 4.69) is 16.3 Å². The molecule has 20 heavy (non-hydrogen) atoms. The molecule has 0 aliphatic carbocycles. The van der Waals surface area contributed by atoms with E-state index in [9.17, 15) is 4.79 Å². The van der Waals surface area contributed by atoms with Gasteiger partial charge in [0.05, 0.1) is 17.9 Å². The zero-order valence-corrected chi connectivity index (χ0v) is 11.8. The van der Waals surface area contributed by atoms with Gasteiger partial charge in [0.1, 0.15) is 6.07 Å². The van der Waals surface area contributed by atoms with Crippen molar-refractivity contribution in [2.75, 3.05) is 31.6 Å². The summed E-state index contributed by atoms with van der Waals surface area (Å²) in [6.07, 6.45) is 1.14. The Balaban J connectivity index is 2.39. The maximum Gasteiger partial charge on any atom is 0.224 e. The van der Waals surface area contributed by atoms with E-state index in [1.54, 1.807) is 24.3 Å². The monoisotopic (exact) mass is 275 g/mol. The highest BCUT2D eigenvalue weighted by Crippen LogP contribution is 2.13. The van der Waals surface area contributed by atoms with Crippen LogP contribution in [0, 0.1) is 11.3 Å². The Kier molecular flexibility index (Phi) is 7.33. The Morgan fingerprint density at radius 3 is 2.80 bits per heavy atom. The van der Waals surface area contributed by atoms with Crippen LogP contribution in [0.3, 0.4) is 0 Å². The third-order valence-corrected chi connectivity index (χ3v) is 3.06. The molecule has 0 aliphatic heterocycles. The van der Waals surface area contributed by atoms with E-state index >= 15 is 0 Å². The predicted octanol–water partition coefficient (Wildman–Crippen LogP) is 1.59. The maximum absolute atomic E-state index is 11.8. The summed E-state index contributed by atoms with van der Waals surface area (Å²) in [7, 11) is 0. The molecule has 0 spiro atoms. The quantitative estimate of drug-likeness (QED) is 0.755. The van der Waals surface area contributed by atoms with Crippen LogP contribution < -0.4 is 5.32 Å². The number of anilines is 1. The summed E-state index contributed by atoms with van der Waals surface area (Å²) >= 11 is 0. The van der Waals surface area contributed by atoms with Crippen LogP contribution in [0.2, 0.25) is 0 Å². The summed E-state index contributed by atoms with van der Waals surface area (Å²) in [5, 5.41) is 20.6. The van der Waals surface area contributed by atoms with Gasteiger partial charge in [-0.3, -0.25) is 4.79 Å². The number of benzene rings is 1. The first-order valence-electron chi connectivity index (χ1n) is 6.83. The number of hydrogen-bond acceptors (Lipinski definition) is 4. The molecule has 0 saturated carbocycles. The third-order valence-electron chi connectivity index (χ3n) is 3.06. The minimum Gasteiger partial charge on any atom is -0.395 e. The maximum atomic E-state index is 11.8. The van der Waals surface area contributed by atoms with Crippen molar-refractivity contribution >= 4 is 11.6 Å². The minimum atomic E-state index is -0.0900. The Morgan fingerprint density at radius 2 is 2.15 bits per heavy atom. The lowest BCUT2D eigenvalue weighted by Crippen LogP contribution is -2.28. The van der Waals surface area contributed by atoms with E-state index in [0.717, 1.165) is 19.5 Å². The second kappa shape index (κ2) is 9.08. The van der Waals surface area contributed by atoms with Gasteiger partial charge >= 0.3 is 0 Å². The number of nitrogens with zero attached hydrogens (tertiary/aromatic N) is 2. The third kappa shape index (κ3) is 5.39. The summed E-state index contributed by atoms with van der Waals surface area (Å²) in [5.74, 6) is -0.0900. The normalized spacial score (nSPS) is 10.3. The van der Waals surface area contributed by atoms with Gasteiger partial charge in [0, 0.05) is 13.0 Å². The highest BCUT2D eigenvalue weighted by Gasteiger charge is 2.07. The number of aliphatic hydroxyl groups is 1. The van der Waals surface area contributed by atoms with Crippen molar-refractivity contribution in [1.82, 2.24) is 4.90 Å². The number of nitriles is 1. The zero-order chi connectivity index (χ0) is 14.8. The summed E-state index contributed by atoms with van der Waals surface area (Å²) in [4.78, 5) is 13.9. The Morgan fingerprint density at radius 1 is 1.40 bits per heavy atom. The van der Waals surface area contributed by atoms with E-state index < -0.39 is 0 Å². The molecule has 0 bridgehead atoms. The molecule has 0 radical (unpaired) electrons. The Bertz CT molecular complexity index is 468. The lowest BCUT2D eigenvalue weighted by atomic mass is 10.2. The minimum absolute atomic E-state index is 0.0900. The molecule has 0 fully saturated rings. The van der Waals surface area contributed by atoms with Gasteiger partial charge in [0.15, 0.2) is 0 Å². The molecule has 1 aromatic rings. The van der Waals surface area contributed by atoms with Crippen LogP contribution in [0.25, 0.3) is 0 Å². The molecule has 1 amide bonds. The molecule has 2 N–H and O–H groups in total. The van der Waals surface area contributed by atoms with Gasteiger partial charge in [-0.05, 0) is 31.6 Å². The molecular weight excluding hydrogens is 254 g/mol. The fourth-order valence-corrected chi connectivity index (χ4v) is 1.93. The number of amides is 1. The first-order chi connectivity index (χ1) is 9.71. The zero-order valence-electron chi connectivity index (χ0n) is 11.8. The Hall–Kier alpha value is -1.90. The molecule has 0 unspecified atom stereocenters. The number of carbonyl (C=O) groups is 1. The van der Waals surface area contributed by atoms with Crippen LogP contribution in [0.15, 0.2) is 24.3 Å². The van der Waals surface area contributed by atoms with Crippen LogP contribution in [0.4, 0.5) is 5.69 Å². The van der Waals surface area contributed by atoms with Crippen LogP contribution in [0.1, 0.15) is 25.3 Å². The van der Waals surface area contributed by atoms with Crippen molar-refractivity contribution in [2.24, 2.45) is 0 Å². The van der Waals surface area contributed by atoms with E-state index in [0.29, 0.717) is 24.2 Å². The van der Waals surface area contributed by atoms with Gasteiger partial charge in [0.2, 0.25) is 5.91 Å². The lowest BCUT2D eigenvalue weighted by molar-refractivity contribution is -0.116. The molecule has 0 aromatic heterocycles. The van der Waals surface area contributed by atoms with Crippen molar-refractivity contribution in [1.29, 1.82) is 5.26 Å². The summed E-state index contributed by atoms with van der Waals surface area (Å²) < 4.78 is 0. The SMILES string of the molecule is CCN(CCO)CCCC(=O)Nc1ccccc1C#N. The second-order valence-corrected chi connectivity index (χ2v) is 4.47. The molecule has 0 aliphatic rings. The summed E-state index contributed by atoms with van der Waals surface area (Å²) in [6, 6.07) is 9.00. The molecule has 108 valence electrons. The fourth-order valence-electron chi connectivity index (χ4n) is 1.93. The number of carbonyl (C=O) groups excluding carboxylic acids is 1. The van der Waals surface area contributed by atoms with E-state index in [1.165, 1.54) is 0 Å². The lowest BCUT2D eigenvalue weighted by Gasteiger charge is -2.18. The number of nitrogens with one attached hydrogen (secondary N) is 1. The first kappa shape index (κ1) is 16.2. The highest BCUT2D eigenvalue weighted by atomic mass is 16.3. The fraction of sp³-hybridized carbons (Fsp3) is 0.467. The smallest absolute Gasteiger partial charge is 0.224 e. The molecule has 1 aromatic carbocycles. The van der Waals surface area contributed by atoms with Crippen molar-refractivity contribution in [2.45, 2.75) is 19.8 Å². The Labute approximate surface area is 119 Å². The van der Waals surface area contributed by atoms with Crippen molar-refractivity contribution in [3.63, 3.8) is 0 Å². The summed E-state index contributed by atoms with van der Waals surface area (Å²) in [6.45, 7) is 4.44. The van der Waals surface area contributed by atoms with Crippen LogP contribution >= 0.6 is 0 Å². The first-order valence-corrected chi connectivity index (χ1v) is 6.83. The molecule has 0 atom stereocenters. The number of aliphatic hydroxyl groups excluding tert-OH is 1. The number of hydrogen-bond donors (Lipinski definition) is 2. The van der Waals surface area contributed by atoms with Crippen LogP contribution in [-0.4, -0.2) is 42.2 Å². The average Bonchev–Trinajstić information content (AvgIpc) is 2.47. The predicted molar refractivity (Wildman–Crippen MR) is 78.2 cm³/mol.